The molecule has 2 rings (SSSR count). The third-order valence-corrected chi connectivity index (χ3v) is 2.98. The van der Waals surface area contributed by atoms with Gasteiger partial charge in [0.2, 0.25) is 0 Å². The van der Waals surface area contributed by atoms with E-state index >= 15 is 0 Å². The SMILES string of the molecule is CCn1nc2c(c1Br)COCC2. The van der Waals surface area contributed by atoms with Crippen molar-refractivity contribution in [3.8, 4) is 0 Å². The Bertz CT molecular complexity index is 295. The highest BCUT2D eigenvalue weighted by Gasteiger charge is 2.18. The van der Waals surface area contributed by atoms with Crippen LogP contribution in [0.3, 0.4) is 0 Å². The summed E-state index contributed by atoms with van der Waals surface area (Å²) in [5.74, 6) is 0. The minimum atomic E-state index is 0.704. The van der Waals surface area contributed by atoms with Gasteiger partial charge in [0.05, 0.1) is 18.9 Å². The van der Waals surface area contributed by atoms with Crippen LogP contribution in [0.15, 0.2) is 4.60 Å². The van der Waals surface area contributed by atoms with Gasteiger partial charge in [-0.15, -0.1) is 0 Å². The van der Waals surface area contributed by atoms with E-state index in [0.717, 1.165) is 24.2 Å². The highest BCUT2D eigenvalue weighted by molar-refractivity contribution is 9.10. The largest absolute Gasteiger partial charge is 0.376 e. The topological polar surface area (TPSA) is 27.1 Å². The molecule has 0 N–H and O–H groups in total. The van der Waals surface area contributed by atoms with Crippen LogP contribution in [0.25, 0.3) is 0 Å². The van der Waals surface area contributed by atoms with Crippen molar-refractivity contribution in [2.75, 3.05) is 6.61 Å². The molecule has 0 saturated heterocycles. The van der Waals surface area contributed by atoms with Crippen molar-refractivity contribution in [2.45, 2.75) is 26.5 Å². The lowest BCUT2D eigenvalue weighted by atomic mass is 10.2. The number of halogens is 1. The molecule has 0 bridgehead atoms. The first-order valence-electron chi connectivity index (χ1n) is 4.14. The van der Waals surface area contributed by atoms with E-state index in [4.69, 9.17) is 4.74 Å². The summed E-state index contributed by atoms with van der Waals surface area (Å²) in [7, 11) is 0. The first-order chi connectivity index (χ1) is 5.83. The van der Waals surface area contributed by atoms with Gasteiger partial charge in [-0.25, -0.2) is 0 Å². The van der Waals surface area contributed by atoms with Crippen molar-refractivity contribution in [1.82, 2.24) is 9.78 Å². The van der Waals surface area contributed by atoms with E-state index in [9.17, 15) is 0 Å². The van der Waals surface area contributed by atoms with E-state index in [1.165, 1.54) is 11.3 Å². The van der Waals surface area contributed by atoms with Crippen LogP contribution in [0.4, 0.5) is 0 Å². The fraction of sp³-hybridized carbons (Fsp3) is 0.625. The maximum absolute atomic E-state index is 5.35. The fourth-order valence-electron chi connectivity index (χ4n) is 1.42. The molecule has 0 saturated carbocycles. The second-order valence-corrected chi connectivity index (χ2v) is 3.59. The first kappa shape index (κ1) is 8.26. The average Bonchev–Trinajstić information content (AvgIpc) is 2.44. The van der Waals surface area contributed by atoms with E-state index in [1.54, 1.807) is 0 Å². The van der Waals surface area contributed by atoms with Crippen molar-refractivity contribution in [3.05, 3.63) is 15.9 Å². The number of hydrogen-bond donors (Lipinski definition) is 0. The Morgan fingerprint density at radius 2 is 2.50 bits per heavy atom. The molecule has 0 atom stereocenters. The Kier molecular flexibility index (Phi) is 2.19. The second kappa shape index (κ2) is 3.18. The maximum Gasteiger partial charge on any atom is 0.109 e. The molecule has 3 nitrogen and oxygen atoms in total. The highest BCUT2D eigenvalue weighted by atomic mass is 79.9. The Morgan fingerprint density at radius 3 is 3.17 bits per heavy atom. The minimum Gasteiger partial charge on any atom is -0.376 e. The minimum absolute atomic E-state index is 0.704. The summed E-state index contributed by atoms with van der Waals surface area (Å²) in [5, 5.41) is 4.46. The van der Waals surface area contributed by atoms with Gasteiger partial charge in [0.1, 0.15) is 4.60 Å². The molecule has 1 aliphatic heterocycles. The van der Waals surface area contributed by atoms with Crippen LogP contribution in [0, 0.1) is 0 Å². The van der Waals surface area contributed by atoms with E-state index in [1.807, 2.05) is 4.68 Å². The van der Waals surface area contributed by atoms with E-state index < -0.39 is 0 Å². The number of aryl methyl sites for hydroxylation is 1. The molecule has 4 heteroatoms. The Hall–Kier alpha value is -0.350. The van der Waals surface area contributed by atoms with E-state index in [2.05, 4.69) is 28.0 Å². The first-order valence-corrected chi connectivity index (χ1v) is 4.94. The summed E-state index contributed by atoms with van der Waals surface area (Å²) in [4.78, 5) is 0. The Morgan fingerprint density at radius 1 is 1.67 bits per heavy atom. The molecule has 0 fully saturated rings. The Balaban J connectivity index is 2.44. The van der Waals surface area contributed by atoms with Crippen molar-refractivity contribution >= 4 is 15.9 Å². The van der Waals surface area contributed by atoms with E-state index in [0.29, 0.717) is 6.61 Å². The normalized spacial score (nSPS) is 16.2. The van der Waals surface area contributed by atoms with Crippen LogP contribution < -0.4 is 0 Å². The lowest BCUT2D eigenvalue weighted by Gasteiger charge is -2.09. The van der Waals surface area contributed by atoms with Crippen LogP contribution in [0.2, 0.25) is 0 Å². The summed E-state index contributed by atoms with van der Waals surface area (Å²) in [5.41, 5.74) is 2.41. The van der Waals surface area contributed by atoms with Gasteiger partial charge in [0.25, 0.3) is 0 Å². The van der Waals surface area contributed by atoms with Crippen LogP contribution in [-0.2, 0) is 24.3 Å². The van der Waals surface area contributed by atoms with Crippen LogP contribution >= 0.6 is 15.9 Å². The molecule has 0 aliphatic carbocycles. The quantitative estimate of drug-likeness (QED) is 0.736. The summed E-state index contributed by atoms with van der Waals surface area (Å²) in [6.45, 7) is 4.51. The zero-order chi connectivity index (χ0) is 8.55. The molecule has 0 spiro atoms. The number of fused-ring (bicyclic) bond motifs is 1. The third kappa shape index (κ3) is 1.19. The monoisotopic (exact) mass is 230 g/mol. The van der Waals surface area contributed by atoms with E-state index in [-0.39, 0.29) is 0 Å². The number of hydrogen-bond acceptors (Lipinski definition) is 2. The standard InChI is InChI=1S/C8H11BrN2O/c1-2-11-8(9)6-5-12-4-3-7(6)10-11/h2-5H2,1H3. The van der Waals surface area contributed by atoms with Gasteiger partial charge in [-0.1, -0.05) is 0 Å². The smallest absolute Gasteiger partial charge is 0.109 e. The van der Waals surface area contributed by atoms with Crippen molar-refractivity contribution in [2.24, 2.45) is 0 Å². The van der Waals surface area contributed by atoms with Crippen LogP contribution in [0.1, 0.15) is 18.2 Å². The molecular formula is C8H11BrN2O. The van der Waals surface area contributed by atoms with Gasteiger partial charge in [0, 0.05) is 18.5 Å². The van der Waals surface area contributed by atoms with Gasteiger partial charge in [-0.3, -0.25) is 4.68 Å². The van der Waals surface area contributed by atoms with Gasteiger partial charge >= 0.3 is 0 Å². The summed E-state index contributed by atoms with van der Waals surface area (Å²) in [6.07, 6.45) is 0.945. The molecular weight excluding hydrogens is 220 g/mol. The lowest BCUT2D eigenvalue weighted by molar-refractivity contribution is 0.110. The number of aromatic nitrogens is 2. The molecule has 1 aromatic heterocycles. The second-order valence-electron chi connectivity index (χ2n) is 2.83. The van der Waals surface area contributed by atoms with Gasteiger partial charge < -0.3 is 4.74 Å². The third-order valence-electron chi connectivity index (χ3n) is 2.09. The van der Waals surface area contributed by atoms with Crippen LogP contribution in [0.5, 0.6) is 0 Å². The molecule has 0 unspecified atom stereocenters. The highest BCUT2D eigenvalue weighted by Crippen LogP contribution is 2.24. The zero-order valence-corrected chi connectivity index (χ0v) is 8.60. The predicted octanol–water partition coefficient (Wildman–Crippen LogP) is 1.74. The van der Waals surface area contributed by atoms with Gasteiger partial charge in [-0.05, 0) is 22.9 Å². The zero-order valence-electron chi connectivity index (χ0n) is 7.01. The molecule has 12 heavy (non-hydrogen) atoms. The number of ether oxygens (including phenoxy) is 1. The molecule has 1 aromatic rings. The van der Waals surface area contributed by atoms with Crippen LogP contribution in [-0.4, -0.2) is 16.4 Å². The lowest BCUT2D eigenvalue weighted by Crippen LogP contribution is -2.08. The molecule has 66 valence electrons. The Labute approximate surface area is 79.8 Å². The van der Waals surface area contributed by atoms with Crippen molar-refractivity contribution in [3.63, 3.8) is 0 Å². The maximum atomic E-state index is 5.35. The van der Waals surface area contributed by atoms with Crippen molar-refractivity contribution in [1.29, 1.82) is 0 Å². The molecule has 0 aromatic carbocycles. The molecule has 2 heterocycles. The number of nitrogens with zero attached hydrogens (tertiary/aromatic N) is 2. The van der Waals surface area contributed by atoms with Gasteiger partial charge in [0.15, 0.2) is 0 Å². The summed E-state index contributed by atoms with van der Waals surface area (Å²) < 4.78 is 8.41. The fourth-order valence-corrected chi connectivity index (χ4v) is 2.09. The van der Waals surface area contributed by atoms with Gasteiger partial charge in [-0.2, -0.15) is 5.10 Å². The number of rotatable bonds is 1. The molecule has 1 aliphatic rings. The average molecular weight is 231 g/mol. The predicted molar refractivity (Wildman–Crippen MR) is 49.0 cm³/mol. The summed E-state index contributed by atoms with van der Waals surface area (Å²) in [6, 6.07) is 0. The molecule has 0 radical (unpaired) electrons. The molecule has 0 amide bonds. The van der Waals surface area contributed by atoms with Crippen molar-refractivity contribution < 1.29 is 4.74 Å². The summed E-state index contributed by atoms with van der Waals surface area (Å²) >= 11 is 3.52.